The number of hydrogen-bond donors (Lipinski definition) is 0. The van der Waals surface area contributed by atoms with Crippen molar-refractivity contribution < 1.29 is 13.2 Å². The van der Waals surface area contributed by atoms with Crippen LogP contribution in [0.1, 0.15) is 32.8 Å². The molecule has 1 aromatic carbocycles. The predicted octanol–water partition coefficient (Wildman–Crippen LogP) is 3.06. The molecule has 0 aliphatic carbocycles. The molecule has 0 amide bonds. The molecule has 118 valence electrons. The number of nitrogens with zero attached hydrogens (tertiary/aromatic N) is 1. The molecule has 0 bridgehead atoms. The maximum atomic E-state index is 12.9. The molecular weight excluding hydrogens is 286 g/mol. The lowest BCUT2D eigenvalue weighted by atomic mass is 9.94. The Morgan fingerprint density at radius 1 is 1.24 bits per heavy atom. The van der Waals surface area contributed by atoms with E-state index < -0.39 is 10.0 Å². The van der Waals surface area contributed by atoms with E-state index in [0.29, 0.717) is 37.3 Å². The lowest BCUT2D eigenvalue weighted by Gasteiger charge is -2.34. The second kappa shape index (κ2) is 6.36. The Hall–Kier alpha value is -1.07. The van der Waals surface area contributed by atoms with Crippen LogP contribution in [-0.4, -0.2) is 32.4 Å². The van der Waals surface area contributed by atoms with Crippen molar-refractivity contribution in [1.82, 2.24) is 4.31 Å². The first-order chi connectivity index (χ1) is 9.84. The molecule has 1 fully saturated rings. The van der Waals surface area contributed by atoms with Crippen molar-refractivity contribution in [3.8, 4) is 5.75 Å². The molecule has 1 aliphatic rings. The van der Waals surface area contributed by atoms with E-state index in [1.165, 1.54) is 0 Å². The van der Waals surface area contributed by atoms with Crippen molar-refractivity contribution >= 4 is 10.0 Å². The molecule has 21 heavy (non-hydrogen) atoms. The predicted molar refractivity (Wildman–Crippen MR) is 84.1 cm³/mol. The van der Waals surface area contributed by atoms with Gasteiger partial charge in [0.2, 0.25) is 10.0 Å². The fraction of sp³-hybridized carbons (Fsp3) is 0.625. The molecule has 0 spiro atoms. The van der Waals surface area contributed by atoms with E-state index in [4.69, 9.17) is 4.74 Å². The van der Waals surface area contributed by atoms with E-state index in [-0.39, 0.29) is 4.90 Å². The van der Waals surface area contributed by atoms with E-state index in [1.54, 1.807) is 16.4 Å². The highest BCUT2D eigenvalue weighted by molar-refractivity contribution is 7.89. The van der Waals surface area contributed by atoms with E-state index in [2.05, 4.69) is 13.8 Å². The Labute approximate surface area is 128 Å². The standard InChI is InChI=1S/C16H25NO3S/c1-5-20-15-9-12(2)6-7-16(15)21(18,19)17-10-13(3)8-14(4)11-17/h6-7,9,13-14H,5,8,10-11H2,1-4H3/t13-,14-/m0/s1. The van der Waals surface area contributed by atoms with Gasteiger partial charge < -0.3 is 4.74 Å². The van der Waals surface area contributed by atoms with Crippen LogP contribution in [0.5, 0.6) is 5.75 Å². The molecule has 0 aromatic heterocycles. The highest BCUT2D eigenvalue weighted by Gasteiger charge is 2.33. The number of aryl methyl sites for hydroxylation is 1. The van der Waals surface area contributed by atoms with E-state index in [0.717, 1.165) is 12.0 Å². The van der Waals surface area contributed by atoms with Gasteiger partial charge in [0, 0.05) is 13.1 Å². The minimum absolute atomic E-state index is 0.288. The van der Waals surface area contributed by atoms with Gasteiger partial charge in [-0.05, 0) is 49.8 Å². The molecule has 0 saturated carbocycles. The summed E-state index contributed by atoms with van der Waals surface area (Å²) < 4.78 is 33.0. The molecule has 1 heterocycles. The van der Waals surface area contributed by atoms with Crippen LogP contribution in [0.15, 0.2) is 23.1 Å². The van der Waals surface area contributed by atoms with Crippen molar-refractivity contribution in [2.24, 2.45) is 11.8 Å². The van der Waals surface area contributed by atoms with Gasteiger partial charge in [0.25, 0.3) is 0 Å². The number of rotatable bonds is 4. The van der Waals surface area contributed by atoms with Gasteiger partial charge in [-0.25, -0.2) is 8.42 Å². The summed E-state index contributed by atoms with van der Waals surface area (Å²) in [6.45, 7) is 9.65. The summed E-state index contributed by atoms with van der Waals surface area (Å²) in [6.07, 6.45) is 1.08. The zero-order valence-electron chi connectivity index (χ0n) is 13.3. The Bertz CT molecular complexity index is 588. The molecule has 1 aromatic rings. The third kappa shape index (κ3) is 3.58. The topological polar surface area (TPSA) is 46.6 Å². The van der Waals surface area contributed by atoms with Crippen LogP contribution < -0.4 is 4.74 Å². The van der Waals surface area contributed by atoms with Gasteiger partial charge in [0.15, 0.2) is 0 Å². The molecular formula is C16H25NO3S. The summed E-state index contributed by atoms with van der Waals surface area (Å²) in [5, 5.41) is 0. The smallest absolute Gasteiger partial charge is 0.246 e. The maximum absolute atomic E-state index is 12.9. The monoisotopic (exact) mass is 311 g/mol. The molecule has 0 N–H and O–H groups in total. The van der Waals surface area contributed by atoms with Gasteiger partial charge in [0.1, 0.15) is 10.6 Å². The van der Waals surface area contributed by atoms with Gasteiger partial charge in [-0.2, -0.15) is 4.31 Å². The van der Waals surface area contributed by atoms with Crippen molar-refractivity contribution in [3.63, 3.8) is 0 Å². The van der Waals surface area contributed by atoms with Crippen molar-refractivity contribution in [1.29, 1.82) is 0 Å². The summed E-state index contributed by atoms with van der Waals surface area (Å²) >= 11 is 0. The SMILES string of the molecule is CCOc1cc(C)ccc1S(=O)(=O)N1C[C@@H](C)C[C@H](C)C1. The fourth-order valence-corrected chi connectivity index (χ4v) is 4.83. The summed E-state index contributed by atoms with van der Waals surface area (Å²) in [4.78, 5) is 0.288. The highest BCUT2D eigenvalue weighted by atomic mass is 32.2. The molecule has 2 rings (SSSR count). The number of benzene rings is 1. The minimum atomic E-state index is -3.49. The van der Waals surface area contributed by atoms with Gasteiger partial charge in [-0.1, -0.05) is 19.9 Å². The Morgan fingerprint density at radius 2 is 1.86 bits per heavy atom. The highest BCUT2D eigenvalue weighted by Crippen LogP contribution is 2.31. The van der Waals surface area contributed by atoms with Crippen molar-refractivity contribution in [2.75, 3.05) is 19.7 Å². The van der Waals surface area contributed by atoms with Crippen LogP contribution in [-0.2, 0) is 10.0 Å². The second-order valence-corrected chi connectivity index (χ2v) is 8.06. The summed E-state index contributed by atoms with van der Waals surface area (Å²) in [6, 6.07) is 5.29. The summed E-state index contributed by atoms with van der Waals surface area (Å²) in [5.41, 5.74) is 0.998. The van der Waals surface area contributed by atoms with Crippen LogP contribution in [0.25, 0.3) is 0 Å². The van der Waals surface area contributed by atoms with Crippen LogP contribution in [0.2, 0.25) is 0 Å². The van der Waals surface area contributed by atoms with Crippen molar-refractivity contribution in [3.05, 3.63) is 23.8 Å². The number of hydrogen-bond acceptors (Lipinski definition) is 3. The van der Waals surface area contributed by atoms with Crippen molar-refractivity contribution in [2.45, 2.75) is 39.0 Å². The number of piperidine rings is 1. The molecule has 0 radical (unpaired) electrons. The van der Waals surface area contributed by atoms with E-state index in [9.17, 15) is 8.42 Å². The van der Waals surface area contributed by atoms with E-state index >= 15 is 0 Å². The number of sulfonamides is 1. The van der Waals surface area contributed by atoms with Crippen LogP contribution in [0, 0.1) is 18.8 Å². The Kier molecular flexibility index (Phi) is 4.94. The average molecular weight is 311 g/mol. The molecule has 1 aliphatic heterocycles. The fourth-order valence-electron chi connectivity index (χ4n) is 3.04. The third-order valence-corrected chi connectivity index (χ3v) is 5.72. The first-order valence-corrected chi connectivity index (χ1v) is 9.02. The lowest BCUT2D eigenvalue weighted by molar-refractivity contribution is 0.222. The summed E-state index contributed by atoms with van der Waals surface area (Å²) in [5.74, 6) is 1.25. The first-order valence-electron chi connectivity index (χ1n) is 7.58. The molecule has 2 atom stereocenters. The zero-order valence-corrected chi connectivity index (χ0v) is 14.1. The van der Waals surface area contributed by atoms with Crippen LogP contribution >= 0.6 is 0 Å². The number of ether oxygens (including phenoxy) is 1. The normalized spacial score (nSPS) is 24.0. The molecule has 5 heteroatoms. The van der Waals surface area contributed by atoms with Gasteiger partial charge in [-0.3, -0.25) is 0 Å². The first kappa shape index (κ1) is 16.3. The van der Waals surface area contributed by atoms with E-state index in [1.807, 2.05) is 19.9 Å². The molecule has 0 unspecified atom stereocenters. The van der Waals surface area contributed by atoms with Gasteiger partial charge in [-0.15, -0.1) is 0 Å². The third-order valence-electron chi connectivity index (χ3n) is 3.85. The second-order valence-electron chi connectivity index (χ2n) is 6.15. The van der Waals surface area contributed by atoms with Gasteiger partial charge >= 0.3 is 0 Å². The largest absolute Gasteiger partial charge is 0.492 e. The quantitative estimate of drug-likeness (QED) is 0.858. The van der Waals surface area contributed by atoms with Crippen LogP contribution in [0.3, 0.4) is 0 Å². The van der Waals surface area contributed by atoms with Crippen LogP contribution in [0.4, 0.5) is 0 Å². The summed E-state index contributed by atoms with van der Waals surface area (Å²) in [7, 11) is -3.49. The Morgan fingerprint density at radius 3 is 2.43 bits per heavy atom. The average Bonchev–Trinajstić information content (AvgIpc) is 2.37. The molecule has 1 saturated heterocycles. The molecule has 4 nitrogen and oxygen atoms in total. The lowest BCUT2D eigenvalue weighted by Crippen LogP contribution is -2.42. The zero-order chi connectivity index (χ0) is 15.6. The van der Waals surface area contributed by atoms with Gasteiger partial charge in [0.05, 0.1) is 6.61 Å². The Balaban J connectivity index is 2.39. The minimum Gasteiger partial charge on any atom is -0.492 e. The maximum Gasteiger partial charge on any atom is 0.246 e.